The molecule has 0 bridgehead atoms. The van der Waals surface area contributed by atoms with Gasteiger partial charge in [0.2, 0.25) is 0 Å². The van der Waals surface area contributed by atoms with Crippen LogP contribution in [0.15, 0.2) is 30.2 Å². The van der Waals surface area contributed by atoms with Crippen molar-refractivity contribution < 1.29 is 18.1 Å². The third-order valence-corrected chi connectivity index (χ3v) is 2.43. The maximum atomic E-state index is 4.01. The van der Waals surface area contributed by atoms with Gasteiger partial charge >= 0.3 is 0 Å². The molecule has 1 atom stereocenters. The molecule has 62 valence electrons. The second kappa shape index (κ2) is 5.35. The van der Waals surface area contributed by atoms with Gasteiger partial charge in [0.15, 0.2) is 0 Å². The molecular weight excluding hydrogens is 178 g/mol. The van der Waals surface area contributed by atoms with Gasteiger partial charge in [-0.1, -0.05) is 12.1 Å². The average molecular weight is 190 g/mol. The van der Waals surface area contributed by atoms with Crippen LogP contribution in [0.2, 0.25) is 0 Å². The second-order valence-electron chi connectivity index (χ2n) is 2.24. The number of quaternary nitrogens is 1. The molecule has 0 aromatic carbocycles. The highest BCUT2D eigenvalue weighted by molar-refractivity contribution is 7.10. The van der Waals surface area contributed by atoms with Crippen LogP contribution < -0.4 is 18.1 Å². The van der Waals surface area contributed by atoms with Gasteiger partial charge in [0, 0.05) is 6.42 Å². The molecule has 3 N–H and O–H groups in total. The zero-order chi connectivity index (χ0) is 7.40. The summed E-state index contributed by atoms with van der Waals surface area (Å²) < 4.78 is 0. The monoisotopic (exact) mass is 189 g/mol. The fourth-order valence-corrected chi connectivity index (χ4v) is 1.60. The van der Waals surface area contributed by atoms with E-state index in [0.29, 0.717) is 6.04 Å². The first kappa shape index (κ1) is 10.7. The van der Waals surface area contributed by atoms with Gasteiger partial charge in [0.25, 0.3) is 0 Å². The Bertz CT molecular complexity index is 196. The highest BCUT2D eigenvalue weighted by Gasteiger charge is 2.06. The summed E-state index contributed by atoms with van der Waals surface area (Å²) in [5, 5.41) is 2.08. The summed E-state index contributed by atoms with van der Waals surface area (Å²) in [7, 11) is 0. The Balaban J connectivity index is 0.000001000. The zero-order valence-electron chi connectivity index (χ0n) is 6.29. The van der Waals surface area contributed by atoms with Gasteiger partial charge < -0.3 is 18.1 Å². The predicted octanol–water partition coefficient (Wildman–Crippen LogP) is -1.39. The zero-order valence-corrected chi connectivity index (χ0v) is 7.87. The molecule has 0 spiro atoms. The van der Waals surface area contributed by atoms with Crippen molar-refractivity contribution in [3.8, 4) is 0 Å². The fourth-order valence-electron chi connectivity index (χ4n) is 0.841. The van der Waals surface area contributed by atoms with Crippen molar-refractivity contribution in [1.82, 2.24) is 0 Å². The number of hydrogen-bond donors (Lipinski definition) is 1. The molecular formula is C8H12ClNS. The van der Waals surface area contributed by atoms with Crippen LogP contribution in [0, 0.1) is 0 Å². The maximum absolute atomic E-state index is 4.01. The Morgan fingerprint density at radius 2 is 2.45 bits per heavy atom. The maximum Gasteiger partial charge on any atom is 0.123 e. The molecule has 1 heterocycles. The SMILES string of the molecule is C=CCC([NH3+])c1cccs1.[Cl-]. The quantitative estimate of drug-likeness (QED) is 0.568. The van der Waals surface area contributed by atoms with E-state index in [1.165, 1.54) is 4.88 Å². The van der Waals surface area contributed by atoms with Crippen LogP contribution in [0.25, 0.3) is 0 Å². The fraction of sp³-hybridized carbons (Fsp3) is 0.250. The molecule has 3 heteroatoms. The third-order valence-electron chi connectivity index (χ3n) is 1.40. The van der Waals surface area contributed by atoms with Crippen LogP contribution in [0.5, 0.6) is 0 Å². The molecule has 1 nitrogen and oxygen atoms in total. The number of halogens is 1. The minimum Gasteiger partial charge on any atom is -1.00 e. The van der Waals surface area contributed by atoms with Crippen LogP contribution in [-0.2, 0) is 0 Å². The molecule has 1 aromatic rings. The van der Waals surface area contributed by atoms with Gasteiger partial charge in [-0.15, -0.1) is 17.9 Å². The van der Waals surface area contributed by atoms with E-state index in [0.717, 1.165) is 6.42 Å². The largest absolute Gasteiger partial charge is 1.00 e. The Hall–Kier alpha value is -0.310. The molecule has 0 saturated heterocycles. The summed E-state index contributed by atoms with van der Waals surface area (Å²) in [6.45, 7) is 3.68. The third kappa shape index (κ3) is 3.06. The summed E-state index contributed by atoms with van der Waals surface area (Å²) in [6.07, 6.45) is 2.89. The lowest BCUT2D eigenvalue weighted by atomic mass is 10.2. The van der Waals surface area contributed by atoms with E-state index in [2.05, 4.69) is 29.8 Å². The smallest absolute Gasteiger partial charge is 0.123 e. The van der Waals surface area contributed by atoms with E-state index < -0.39 is 0 Å². The lowest BCUT2D eigenvalue weighted by Gasteiger charge is -1.99. The van der Waals surface area contributed by atoms with Crippen molar-refractivity contribution in [2.75, 3.05) is 0 Å². The van der Waals surface area contributed by atoms with E-state index in [9.17, 15) is 0 Å². The lowest BCUT2D eigenvalue weighted by molar-refractivity contribution is -0.424. The molecule has 11 heavy (non-hydrogen) atoms. The molecule has 0 fully saturated rings. The van der Waals surface area contributed by atoms with Crippen molar-refractivity contribution in [3.05, 3.63) is 35.0 Å². The Kier molecular flexibility index (Phi) is 5.20. The van der Waals surface area contributed by atoms with Gasteiger partial charge in [-0.25, -0.2) is 0 Å². The van der Waals surface area contributed by atoms with E-state index in [-0.39, 0.29) is 12.4 Å². The number of thiophene rings is 1. The molecule has 1 aromatic heterocycles. The first-order valence-electron chi connectivity index (χ1n) is 3.32. The minimum atomic E-state index is 0. The van der Waals surface area contributed by atoms with Crippen LogP contribution in [0.4, 0.5) is 0 Å². The number of hydrogen-bond acceptors (Lipinski definition) is 1. The van der Waals surface area contributed by atoms with Crippen molar-refractivity contribution in [2.24, 2.45) is 0 Å². The van der Waals surface area contributed by atoms with E-state index in [1.807, 2.05) is 6.08 Å². The molecule has 0 amide bonds. The van der Waals surface area contributed by atoms with Gasteiger partial charge in [0.05, 0.1) is 4.88 Å². The number of rotatable bonds is 3. The highest BCUT2D eigenvalue weighted by atomic mass is 35.5. The molecule has 1 unspecified atom stereocenters. The summed E-state index contributed by atoms with van der Waals surface area (Å²) >= 11 is 1.76. The van der Waals surface area contributed by atoms with Crippen LogP contribution in [0.1, 0.15) is 17.3 Å². The van der Waals surface area contributed by atoms with Gasteiger partial charge in [-0.3, -0.25) is 0 Å². The van der Waals surface area contributed by atoms with Crippen LogP contribution >= 0.6 is 11.3 Å². The van der Waals surface area contributed by atoms with E-state index in [1.54, 1.807) is 11.3 Å². The Labute approximate surface area is 77.3 Å². The standard InChI is InChI=1S/C8H11NS.ClH/c1-2-4-7(9)8-5-3-6-10-8;/h2-3,5-7H,1,4,9H2;1H. The average Bonchev–Trinajstić information content (AvgIpc) is 2.38. The van der Waals surface area contributed by atoms with Crippen molar-refractivity contribution in [3.63, 3.8) is 0 Å². The molecule has 0 radical (unpaired) electrons. The lowest BCUT2D eigenvalue weighted by Crippen LogP contribution is -3.00. The van der Waals surface area contributed by atoms with Crippen molar-refractivity contribution >= 4 is 11.3 Å². The van der Waals surface area contributed by atoms with E-state index >= 15 is 0 Å². The van der Waals surface area contributed by atoms with E-state index in [4.69, 9.17) is 0 Å². The summed E-state index contributed by atoms with van der Waals surface area (Å²) in [5.74, 6) is 0. The summed E-state index contributed by atoms with van der Waals surface area (Å²) in [6, 6.07) is 4.57. The van der Waals surface area contributed by atoms with Gasteiger partial charge in [-0.2, -0.15) is 0 Å². The Morgan fingerprint density at radius 3 is 2.91 bits per heavy atom. The van der Waals surface area contributed by atoms with Gasteiger partial charge in [0.1, 0.15) is 6.04 Å². The normalized spacial score (nSPS) is 11.7. The molecule has 0 aliphatic heterocycles. The first-order valence-corrected chi connectivity index (χ1v) is 4.20. The van der Waals surface area contributed by atoms with Crippen molar-refractivity contribution in [1.29, 1.82) is 0 Å². The molecule has 0 aliphatic carbocycles. The first-order chi connectivity index (χ1) is 4.84. The van der Waals surface area contributed by atoms with Crippen molar-refractivity contribution in [2.45, 2.75) is 12.5 Å². The summed E-state index contributed by atoms with van der Waals surface area (Å²) in [4.78, 5) is 1.35. The highest BCUT2D eigenvalue weighted by Crippen LogP contribution is 2.17. The predicted molar refractivity (Wildman–Crippen MR) is 44.8 cm³/mol. The van der Waals surface area contributed by atoms with Gasteiger partial charge in [-0.05, 0) is 11.4 Å². The topological polar surface area (TPSA) is 27.6 Å². The van der Waals surface area contributed by atoms with Crippen LogP contribution in [-0.4, -0.2) is 0 Å². The second-order valence-corrected chi connectivity index (χ2v) is 3.22. The minimum absolute atomic E-state index is 0. The van der Waals surface area contributed by atoms with Crippen LogP contribution in [0.3, 0.4) is 0 Å². The molecule has 0 saturated carbocycles. The molecule has 1 rings (SSSR count). The Morgan fingerprint density at radius 1 is 1.73 bits per heavy atom. The molecule has 0 aliphatic rings. The summed E-state index contributed by atoms with van der Waals surface area (Å²) in [5.41, 5.74) is 4.01.